The first-order valence-electron chi connectivity index (χ1n) is 5.41. The van der Waals surface area contributed by atoms with E-state index in [4.69, 9.17) is 19.3 Å². The number of aromatic carboxylic acids is 1. The molecular formula is C12H16O6. The van der Waals surface area contributed by atoms with Crippen LogP contribution in [-0.2, 0) is 9.47 Å². The zero-order valence-corrected chi connectivity index (χ0v) is 10.1. The molecule has 0 aliphatic carbocycles. The molecule has 6 heteroatoms. The molecular weight excluding hydrogens is 240 g/mol. The average molecular weight is 256 g/mol. The van der Waals surface area contributed by atoms with E-state index in [1.54, 1.807) is 7.11 Å². The lowest BCUT2D eigenvalue weighted by Gasteiger charge is -2.08. The van der Waals surface area contributed by atoms with E-state index in [1.807, 2.05) is 0 Å². The van der Waals surface area contributed by atoms with Crippen LogP contribution in [0.1, 0.15) is 10.4 Å². The molecule has 1 rings (SSSR count). The number of aromatic hydroxyl groups is 1. The third-order valence-electron chi connectivity index (χ3n) is 2.13. The molecule has 0 bridgehead atoms. The molecule has 1 aromatic rings. The van der Waals surface area contributed by atoms with E-state index in [0.717, 1.165) is 0 Å². The summed E-state index contributed by atoms with van der Waals surface area (Å²) in [5, 5.41) is 18.1. The minimum Gasteiger partial charge on any atom is -0.507 e. The highest BCUT2D eigenvalue weighted by Crippen LogP contribution is 2.23. The first kappa shape index (κ1) is 14.3. The summed E-state index contributed by atoms with van der Waals surface area (Å²) >= 11 is 0. The summed E-state index contributed by atoms with van der Waals surface area (Å²) < 4.78 is 15.3. The Hall–Kier alpha value is -1.79. The first-order chi connectivity index (χ1) is 8.65. The van der Waals surface area contributed by atoms with Gasteiger partial charge in [-0.25, -0.2) is 4.79 Å². The lowest BCUT2D eigenvalue weighted by molar-refractivity contribution is 0.0544. The molecule has 0 amide bonds. The maximum atomic E-state index is 10.7. The SMILES string of the molecule is COCCOCCOc1ccc(C(=O)O)c(O)c1. The molecule has 0 aliphatic heterocycles. The van der Waals surface area contributed by atoms with Crippen molar-refractivity contribution in [1.82, 2.24) is 0 Å². The summed E-state index contributed by atoms with van der Waals surface area (Å²) in [4.78, 5) is 10.7. The Bertz CT molecular complexity index is 390. The molecule has 0 saturated carbocycles. The average Bonchev–Trinajstić information content (AvgIpc) is 2.33. The van der Waals surface area contributed by atoms with Gasteiger partial charge in [-0.05, 0) is 12.1 Å². The second kappa shape index (κ2) is 7.52. The van der Waals surface area contributed by atoms with Crippen molar-refractivity contribution in [2.45, 2.75) is 0 Å². The predicted octanol–water partition coefficient (Wildman–Crippen LogP) is 1.13. The third-order valence-corrected chi connectivity index (χ3v) is 2.13. The quantitative estimate of drug-likeness (QED) is 0.678. The minimum atomic E-state index is -1.18. The van der Waals surface area contributed by atoms with E-state index in [2.05, 4.69) is 0 Å². The molecule has 100 valence electrons. The number of rotatable bonds is 8. The first-order valence-corrected chi connectivity index (χ1v) is 5.41. The van der Waals surface area contributed by atoms with Gasteiger partial charge < -0.3 is 24.4 Å². The van der Waals surface area contributed by atoms with Gasteiger partial charge in [0.2, 0.25) is 0 Å². The second-order valence-electron chi connectivity index (χ2n) is 3.44. The van der Waals surface area contributed by atoms with Crippen LogP contribution in [0.15, 0.2) is 18.2 Å². The maximum absolute atomic E-state index is 10.7. The molecule has 0 atom stereocenters. The summed E-state index contributed by atoms with van der Waals surface area (Å²) in [6, 6.07) is 4.04. The number of carboxylic acids is 1. The predicted molar refractivity (Wildman–Crippen MR) is 63.3 cm³/mol. The van der Waals surface area contributed by atoms with Gasteiger partial charge in [0.15, 0.2) is 0 Å². The Labute approximate surface area is 105 Å². The van der Waals surface area contributed by atoms with E-state index in [0.29, 0.717) is 32.2 Å². The Morgan fingerprint density at radius 3 is 2.56 bits per heavy atom. The molecule has 1 aromatic carbocycles. The topological polar surface area (TPSA) is 85.2 Å². The lowest BCUT2D eigenvalue weighted by Crippen LogP contribution is -2.10. The monoisotopic (exact) mass is 256 g/mol. The molecule has 0 heterocycles. The Balaban J connectivity index is 2.35. The van der Waals surface area contributed by atoms with Crippen LogP contribution in [0, 0.1) is 0 Å². The van der Waals surface area contributed by atoms with Crippen LogP contribution in [0.5, 0.6) is 11.5 Å². The molecule has 0 aliphatic rings. The summed E-state index contributed by atoms with van der Waals surface area (Å²) in [5.41, 5.74) is -0.154. The zero-order valence-electron chi connectivity index (χ0n) is 10.1. The number of hydrogen-bond acceptors (Lipinski definition) is 5. The largest absolute Gasteiger partial charge is 0.507 e. The summed E-state index contributed by atoms with van der Waals surface area (Å²) in [5.74, 6) is -1.10. The van der Waals surface area contributed by atoms with Crippen LogP contribution in [0.25, 0.3) is 0 Å². The van der Waals surface area contributed by atoms with Crippen molar-refractivity contribution in [3.8, 4) is 11.5 Å². The summed E-state index contributed by atoms with van der Waals surface area (Å²) in [7, 11) is 1.59. The normalized spacial score (nSPS) is 10.3. The van der Waals surface area contributed by atoms with Crippen molar-refractivity contribution in [3.05, 3.63) is 23.8 Å². The molecule has 2 N–H and O–H groups in total. The van der Waals surface area contributed by atoms with Crippen molar-refractivity contribution < 1.29 is 29.2 Å². The Kier molecular flexibility index (Phi) is 5.96. The number of hydrogen-bond donors (Lipinski definition) is 2. The van der Waals surface area contributed by atoms with Gasteiger partial charge in [-0.2, -0.15) is 0 Å². The summed E-state index contributed by atoms with van der Waals surface area (Å²) in [6.07, 6.45) is 0. The number of benzene rings is 1. The zero-order chi connectivity index (χ0) is 13.4. The van der Waals surface area contributed by atoms with Gasteiger partial charge in [0.1, 0.15) is 23.7 Å². The molecule has 0 fully saturated rings. The van der Waals surface area contributed by atoms with Crippen LogP contribution in [0.4, 0.5) is 0 Å². The van der Waals surface area contributed by atoms with Crippen molar-refractivity contribution >= 4 is 5.97 Å². The molecule has 0 radical (unpaired) electrons. The number of ether oxygens (including phenoxy) is 3. The molecule has 18 heavy (non-hydrogen) atoms. The fraction of sp³-hybridized carbons (Fsp3) is 0.417. The van der Waals surface area contributed by atoms with Gasteiger partial charge in [0.25, 0.3) is 0 Å². The van der Waals surface area contributed by atoms with E-state index in [-0.39, 0.29) is 11.3 Å². The molecule has 6 nitrogen and oxygen atoms in total. The summed E-state index contributed by atoms with van der Waals surface area (Å²) in [6.45, 7) is 1.72. The standard InChI is InChI=1S/C12H16O6/c1-16-4-5-17-6-7-18-9-2-3-10(12(14)15)11(13)8-9/h2-3,8,13H,4-7H2,1H3,(H,14,15). The fourth-order valence-corrected chi connectivity index (χ4v) is 1.24. The number of carbonyl (C=O) groups is 1. The third kappa shape index (κ3) is 4.60. The van der Waals surface area contributed by atoms with Gasteiger partial charge in [-0.15, -0.1) is 0 Å². The molecule has 0 aromatic heterocycles. The highest BCUT2D eigenvalue weighted by atomic mass is 16.5. The lowest BCUT2D eigenvalue weighted by atomic mass is 10.2. The Morgan fingerprint density at radius 1 is 1.22 bits per heavy atom. The van der Waals surface area contributed by atoms with Crippen LogP contribution in [0.2, 0.25) is 0 Å². The van der Waals surface area contributed by atoms with Crippen molar-refractivity contribution in [2.75, 3.05) is 33.5 Å². The van der Waals surface area contributed by atoms with E-state index in [9.17, 15) is 9.90 Å². The number of phenols is 1. The molecule has 0 unspecified atom stereocenters. The van der Waals surface area contributed by atoms with Crippen molar-refractivity contribution in [3.63, 3.8) is 0 Å². The van der Waals surface area contributed by atoms with Crippen molar-refractivity contribution in [2.24, 2.45) is 0 Å². The smallest absolute Gasteiger partial charge is 0.339 e. The van der Waals surface area contributed by atoms with Crippen LogP contribution in [0.3, 0.4) is 0 Å². The Morgan fingerprint density at radius 2 is 1.94 bits per heavy atom. The van der Waals surface area contributed by atoms with Gasteiger partial charge in [0.05, 0.1) is 19.8 Å². The fourth-order valence-electron chi connectivity index (χ4n) is 1.24. The number of carboxylic acid groups (broad SMARTS) is 1. The molecule has 0 spiro atoms. The van der Waals surface area contributed by atoms with E-state index < -0.39 is 5.97 Å². The van der Waals surface area contributed by atoms with Gasteiger partial charge in [-0.3, -0.25) is 0 Å². The van der Waals surface area contributed by atoms with Crippen LogP contribution >= 0.6 is 0 Å². The highest BCUT2D eigenvalue weighted by Gasteiger charge is 2.09. The number of methoxy groups -OCH3 is 1. The van der Waals surface area contributed by atoms with E-state index in [1.165, 1.54) is 18.2 Å². The van der Waals surface area contributed by atoms with E-state index >= 15 is 0 Å². The van der Waals surface area contributed by atoms with Gasteiger partial charge >= 0.3 is 5.97 Å². The minimum absolute atomic E-state index is 0.154. The second-order valence-corrected chi connectivity index (χ2v) is 3.44. The van der Waals surface area contributed by atoms with Crippen molar-refractivity contribution in [1.29, 1.82) is 0 Å². The highest BCUT2D eigenvalue weighted by molar-refractivity contribution is 5.90. The van der Waals surface area contributed by atoms with Crippen LogP contribution < -0.4 is 4.74 Å². The van der Waals surface area contributed by atoms with Crippen LogP contribution in [-0.4, -0.2) is 49.7 Å². The molecule has 0 saturated heterocycles. The van der Waals surface area contributed by atoms with Gasteiger partial charge in [0, 0.05) is 13.2 Å². The maximum Gasteiger partial charge on any atom is 0.339 e. The van der Waals surface area contributed by atoms with Gasteiger partial charge in [-0.1, -0.05) is 0 Å².